The average Bonchev–Trinajstić information content (AvgIpc) is 3.75. The van der Waals surface area contributed by atoms with Crippen molar-refractivity contribution >= 4 is 46.9 Å². The molecule has 6 N–H and O–H groups in total. The Morgan fingerprint density at radius 2 is 1.75 bits per heavy atom. The van der Waals surface area contributed by atoms with E-state index < -0.39 is 63.7 Å². The number of benzene rings is 3. The fourth-order valence-corrected chi connectivity index (χ4v) is 7.82. The van der Waals surface area contributed by atoms with Gasteiger partial charge in [-0.2, -0.15) is 0 Å². The summed E-state index contributed by atoms with van der Waals surface area (Å²) in [4.78, 5) is 84.0. The highest BCUT2D eigenvalue weighted by Gasteiger charge is 2.54. The van der Waals surface area contributed by atoms with Crippen molar-refractivity contribution in [1.82, 2.24) is 10.2 Å². The molecule has 6 rings (SSSR count). The standard InChI is InChI=1S/C42H49N7O10/c1-23(2)34(35(50)39(54)58-41(3,4)5)47-37(52)31-12-9-19-48(31)22-24(10-8-18-45-40(43)44)36(51)46-25-14-16-30-33(20-25)57-32-13-7-6-11-29(32)42(30)28-17-15-26(49(55)56)21-27(28)38(53)59-42/h6-7,11,13-17,20-21,23-24,31,34H,8-10,12,18-19,22H2,1-5H3,(H,46,51)(H,47,52)(H4,43,44,45)/t24?,31-,34-,42?/m0/s1. The van der Waals surface area contributed by atoms with Gasteiger partial charge in [0.15, 0.2) is 11.6 Å². The molecule has 1 saturated heterocycles. The highest BCUT2D eigenvalue weighted by atomic mass is 16.6. The number of ketones is 1. The third kappa shape index (κ3) is 8.89. The van der Waals surface area contributed by atoms with Crippen molar-refractivity contribution < 1.29 is 43.1 Å². The third-order valence-corrected chi connectivity index (χ3v) is 10.5. The number of anilines is 1. The van der Waals surface area contributed by atoms with Crippen LogP contribution in [0.4, 0.5) is 11.4 Å². The van der Waals surface area contributed by atoms with Gasteiger partial charge >= 0.3 is 11.9 Å². The van der Waals surface area contributed by atoms with Crippen LogP contribution in [0.2, 0.25) is 0 Å². The molecule has 17 heteroatoms. The second-order valence-electron chi connectivity index (χ2n) is 16.3. The molecule has 312 valence electrons. The molecule has 2 amide bonds. The van der Waals surface area contributed by atoms with Crippen LogP contribution in [0.25, 0.3) is 0 Å². The first-order chi connectivity index (χ1) is 27.9. The number of nitro benzene ring substituents is 1. The summed E-state index contributed by atoms with van der Waals surface area (Å²) >= 11 is 0. The van der Waals surface area contributed by atoms with Gasteiger partial charge in [-0.3, -0.25) is 34.4 Å². The molecule has 1 spiro atoms. The van der Waals surface area contributed by atoms with E-state index in [0.717, 1.165) is 0 Å². The van der Waals surface area contributed by atoms with E-state index >= 15 is 0 Å². The predicted molar refractivity (Wildman–Crippen MR) is 216 cm³/mol. The Bertz CT molecular complexity index is 2210. The zero-order valence-corrected chi connectivity index (χ0v) is 33.6. The molecular weight excluding hydrogens is 763 g/mol. The number of nitrogens with zero attached hydrogens (tertiary/aromatic N) is 3. The number of hydrogen-bond donors (Lipinski definition) is 4. The van der Waals surface area contributed by atoms with Crippen molar-refractivity contribution in [1.29, 1.82) is 0 Å². The number of esters is 2. The molecule has 3 heterocycles. The largest absolute Gasteiger partial charge is 0.456 e. The second kappa shape index (κ2) is 16.9. The molecule has 1 fully saturated rings. The molecule has 0 radical (unpaired) electrons. The zero-order chi connectivity index (χ0) is 42.8. The number of ether oxygens (including phenoxy) is 3. The van der Waals surface area contributed by atoms with E-state index in [9.17, 15) is 34.1 Å². The first-order valence-corrected chi connectivity index (χ1v) is 19.5. The fraction of sp³-hybridized carbons (Fsp3) is 0.429. The number of nitrogens with two attached hydrogens (primary N) is 2. The summed E-state index contributed by atoms with van der Waals surface area (Å²) < 4.78 is 17.7. The van der Waals surface area contributed by atoms with E-state index in [2.05, 4.69) is 15.6 Å². The maximum absolute atomic E-state index is 14.2. The maximum atomic E-state index is 14.2. The van der Waals surface area contributed by atoms with Gasteiger partial charge < -0.3 is 36.3 Å². The Morgan fingerprint density at radius 1 is 1.03 bits per heavy atom. The van der Waals surface area contributed by atoms with E-state index in [1.165, 1.54) is 18.2 Å². The molecule has 3 aliphatic heterocycles. The highest BCUT2D eigenvalue weighted by molar-refractivity contribution is 6.36. The lowest BCUT2D eigenvalue weighted by Crippen LogP contribution is -2.54. The molecule has 4 atom stereocenters. The molecule has 0 saturated carbocycles. The number of para-hydroxylation sites is 1. The molecule has 3 aromatic rings. The van der Waals surface area contributed by atoms with Crippen LogP contribution in [-0.4, -0.2) is 82.6 Å². The van der Waals surface area contributed by atoms with Gasteiger partial charge in [-0.15, -0.1) is 0 Å². The van der Waals surface area contributed by atoms with Crippen molar-refractivity contribution in [2.45, 2.75) is 83.6 Å². The second-order valence-corrected chi connectivity index (χ2v) is 16.3. The van der Waals surface area contributed by atoms with Gasteiger partial charge in [0.05, 0.1) is 22.4 Å². The van der Waals surface area contributed by atoms with Crippen LogP contribution < -0.4 is 26.8 Å². The van der Waals surface area contributed by atoms with Crippen molar-refractivity contribution in [2.75, 3.05) is 25.0 Å². The lowest BCUT2D eigenvalue weighted by Gasteiger charge is -2.36. The molecule has 2 unspecified atom stereocenters. The average molecular weight is 812 g/mol. The van der Waals surface area contributed by atoms with Crippen LogP contribution in [-0.2, 0) is 34.3 Å². The number of nitro groups is 1. The minimum Gasteiger partial charge on any atom is -0.456 e. The monoisotopic (exact) mass is 811 g/mol. The number of Topliss-reactive ketones (excluding diaryl/α,β-unsaturated/α-hetero) is 1. The van der Waals surface area contributed by atoms with Gasteiger partial charge in [-0.05, 0) is 83.2 Å². The minimum absolute atomic E-state index is 0.0612. The quantitative estimate of drug-likeness (QED) is 0.0338. The van der Waals surface area contributed by atoms with Crippen molar-refractivity contribution in [2.24, 2.45) is 28.3 Å². The molecule has 59 heavy (non-hydrogen) atoms. The summed E-state index contributed by atoms with van der Waals surface area (Å²) in [6.45, 7) is 9.40. The Kier molecular flexibility index (Phi) is 12.1. The van der Waals surface area contributed by atoms with Crippen LogP contribution in [0, 0.1) is 22.0 Å². The van der Waals surface area contributed by atoms with Crippen molar-refractivity contribution in [3.05, 3.63) is 93.0 Å². The summed E-state index contributed by atoms with van der Waals surface area (Å²) in [5, 5.41) is 17.3. The lowest BCUT2D eigenvalue weighted by atomic mass is 9.77. The number of carbonyl (C=O) groups is 5. The van der Waals surface area contributed by atoms with E-state index in [1.807, 2.05) is 4.90 Å². The molecular formula is C42H49N7O10. The van der Waals surface area contributed by atoms with Gasteiger partial charge in [0, 0.05) is 53.7 Å². The van der Waals surface area contributed by atoms with Crippen LogP contribution in [0.15, 0.2) is 65.7 Å². The molecule has 3 aliphatic rings. The van der Waals surface area contributed by atoms with Gasteiger partial charge in [0.25, 0.3) is 11.5 Å². The fourth-order valence-electron chi connectivity index (χ4n) is 7.82. The molecule has 0 bridgehead atoms. The number of guanidine groups is 1. The number of rotatable bonds is 14. The Hall–Kier alpha value is -6.36. The number of carbonyl (C=O) groups excluding carboxylic acids is 5. The predicted octanol–water partition coefficient (Wildman–Crippen LogP) is 4.29. The minimum atomic E-state index is -1.47. The summed E-state index contributed by atoms with van der Waals surface area (Å²) in [6, 6.07) is 14.2. The van der Waals surface area contributed by atoms with Crippen LogP contribution in [0.5, 0.6) is 11.5 Å². The molecule has 0 aliphatic carbocycles. The van der Waals surface area contributed by atoms with Crippen LogP contribution >= 0.6 is 0 Å². The first-order valence-electron chi connectivity index (χ1n) is 19.5. The topological polar surface area (TPSA) is 248 Å². The number of amides is 2. The van der Waals surface area contributed by atoms with E-state index in [-0.39, 0.29) is 36.2 Å². The smallest absolute Gasteiger partial charge is 0.377 e. The number of likely N-dealkylation sites (tertiary alicyclic amines) is 1. The van der Waals surface area contributed by atoms with Gasteiger partial charge in [0.2, 0.25) is 11.8 Å². The third-order valence-electron chi connectivity index (χ3n) is 10.5. The highest BCUT2D eigenvalue weighted by Crippen LogP contribution is 2.56. The normalized spacial score (nSPS) is 19.0. The molecule has 17 nitrogen and oxygen atoms in total. The number of aliphatic imine (C=N–C) groups is 1. The van der Waals surface area contributed by atoms with Gasteiger partial charge in [-0.25, -0.2) is 9.59 Å². The van der Waals surface area contributed by atoms with Crippen LogP contribution in [0.1, 0.15) is 87.4 Å². The summed E-state index contributed by atoms with van der Waals surface area (Å²) in [6.07, 6.45) is 1.96. The zero-order valence-electron chi connectivity index (χ0n) is 33.6. The maximum Gasteiger partial charge on any atom is 0.377 e. The summed E-state index contributed by atoms with van der Waals surface area (Å²) in [5.41, 5.74) is 10.3. The van der Waals surface area contributed by atoms with Gasteiger partial charge in [-0.1, -0.05) is 32.0 Å². The van der Waals surface area contributed by atoms with E-state index in [4.69, 9.17) is 25.7 Å². The summed E-state index contributed by atoms with van der Waals surface area (Å²) in [5.74, 6) is -3.81. The molecule has 3 aromatic carbocycles. The number of hydrogen-bond acceptors (Lipinski definition) is 12. The van der Waals surface area contributed by atoms with Crippen molar-refractivity contribution in [3.8, 4) is 11.5 Å². The Morgan fingerprint density at radius 3 is 2.44 bits per heavy atom. The van der Waals surface area contributed by atoms with E-state index in [1.54, 1.807) is 77.1 Å². The SMILES string of the molecule is CC(C)[C@H](NC(=O)[C@@H]1CCCN1CC(CCCN=C(N)N)C(=O)Nc1ccc2c(c1)Oc1ccccc1C21OC(=O)c2cc([N+](=O)[O-])ccc21)C(=O)C(=O)OC(C)(C)C. The Labute approximate surface area is 341 Å². The van der Waals surface area contributed by atoms with Gasteiger partial charge in [0.1, 0.15) is 23.1 Å². The number of nitrogens with one attached hydrogen (secondary N) is 2. The first kappa shape index (κ1) is 42.3. The lowest BCUT2D eigenvalue weighted by molar-refractivity contribution is -0.384. The van der Waals surface area contributed by atoms with Crippen molar-refractivity contribution in [3.63, 3.8) is 0 Å². The number of fused-ring (bicyclic) bond motifs is 6. The summed E-state index contributed by atoms with van der Waals surface area (Å²) in [7, 11) is 0. The van der Waals surface area contributed by atoms with E-state index in [0.29, 0.717) is 66.1 Å². The number of non-ortho nitro benzene ring substituents is 1. The Balaban J connectivity index is 1.24. The van der Waals surface area contributed by atoms with Crippen LogP contribution in [0.3, 0.4) is 0 Å². The molecule has 0 aromatic heterocycles.